The second kappa shape index (κ2) is 7.65. The number of benzene rings is 1. The summed E-state index contributed by atoms with van der Waals surface area (Å²) in [5.41, 5.74) is 1.11. The molecule has 0 unspecified atom stereocenters. The summed E-state index contributed by atoms with van der Waals surface area (Å²) in [5.74, 6) is 0.912. The summed E-state index contributed by atoms with van der Waals surface area (Å²) in [4.78, 5) is 0. The first kappa shape index (κ1) is 13.5. The molecule has 0 atom stereocenters. The molecule has 16 heavy (non-hydrogen) atoms. The minimum Gasteiger partial charge on any atom is -0.493 e. The van der Waals surface area contributed by atoms with E-state index in [1.54, 1.807) is 0 Å². The van der Waals surface area contributed by atoms with Gasteiger partial charge in [0.2, 0.25) is 0 Å². The molecule has 1 rings (SSSR count). The summed E-state index contributed by atoms with van der Waals surface area (Å²) in [6.07, 6.45) is 1.000. The van der Waals surface area contributed by atoms with Crippen LogP contribution in [0.1, 0.15) is 18.9 Å². The maximum Gasteiger partial charge on any atom is 0.123 e. The summed E-state index contributed by atoms with van der Waals surface area (Å²) in [6, 6.07) is 5.98. The van der Waals surface area contributed by atoms with Crippen molar-refractivity contribution < 1.29 is 9.84 Å². The van der Waals surface area contributed by atoms with Gasteiger partial charge in [0.05, 0.1) is 13.2 Å². The van der Waals surface area contributed by atoms with Crippen molar-refractivity contribution in [2.24, 2.45) is 0 Å². The molecule has 4 heteroatoms. The monoisotopic (exact) mass is 287 g/mol. The van der Waals surface area contributed by atoms with Gasteiger partial charge in [-0.3, -0.25) is 0 Å². The minimum absolute atomic E-state index is 0.152. The van der Waals surface area contributed by atoms with Crippen molar-refractivity contribution in [1.82, 2.24) is 5.32 Å². The van der Waals surface area contributed by atoms with Crippen molar-refractivity contribution in [1.29, 1.82) is 0 Å². The zero-order valence-corrected chi connectivity index (χ0v) is 11.1. The van der Waals surface area contributed by atoms with Crippen LogP contribution in [0, 0.1) is 0 Å². The number of nitrogens with one attached hydrogen (secondary N) is 1. The summed E-state index contributed by atoms with van der Waals surface area (Å²) in [6.45, 7) is 4.27. The van der Waals surface area contributed by atoms with Crippen LogP contribution in [0.2, 0.25) is 0 Å². The average molecular weight is 288 g/mol. The van der Waals surface area contributed by atoms with Crippen LogP contribution in [-0.4, -0.2) is 24.9 Å². The Balaban J connectivity index is 2.65. The van der Waals surface area contributed by atoms with Crippen LogP contribution < -0.4 is 10.1 Å². The normalized spacial score (nSPS) is 10.4. The lowest BCUT2D eigenvalue weighted by Crippen LogP contribution is -2.18. The molecule has 0 radical (unpaired) electrons. The van der Waals surface area contributed by atoms with E-state index >= 15 is 0 Å². The lowest BCUT2D eigenvalue weighted by atomic mass is 10.2. The molecule has 0 aliphatic carbocycles. The fourth-order valence-corrected chi connectivity index (χ4v) is 1.75. The van der Waals surface area contributed by atoms with E-state index in [1.807, 2.05) is 18.2 Å². The Hall–Kier alpha value is -0.580. The van der Waals surface area contributed by atoms with E-state index in [9.17, 15) is 0 Å². The SMILES string of the molecule is CCCOc1ccc(Br)cc1CNCCO. The molecule has 1 aromatic carbocycles. The van der Waals surface area contributed by atoms with E-state index in [4.69, 9.17) is 9.84 Å². The molecule has 0 aliphatic rings. The Morgan fingerprint density at radius 2 is 2.25 bits per heavy atom. The van der Waals surface area contributed by atoms with Gasteiger partial charge in [-0.25, -0.2) is 0 Å². The third kappa shape index (κ3) is 4.51. The molecule has 1 aromatic rings. The zero-order chi connectivity index (χ0) is 11.8. The average Bonchev–Trinajstić information content (AvgIpc) is 2.28. The summed E-state index contributed by atoms with van der Waals surface area (Å²) in [7, 11) is 0. The van der Waals surface area contributed by atoms with E-state index in [0.29, 0.717) is 13.1 Å². The van der Waals surface area contributed by atoms with Gasteiger partial charge in [-0.2, -0.15) is 0 Å². The van der Waals surface area contributed by atoms with Crippen LogP contribution in [0.4, 0.5) is 0 Å². The minimum atomic E-state index is 0.152. The van der Waals surface area contributed by atoms with E-state index in [2.05, 4.69) is 28.2 Å². The van der Waals surface area contributed by atoms with E-state index in [1.165, 1.54) is 0 Å². The summed E-state index contributed by atoms with van der Waals surface area (Å²) in [5, 5.41) is 11.9. The molecule has 0 heterocycles. The molecule has 0 amide bonds. The third-order valence-corrected chi connectivity index (χ3v) is 2.58. The maximum atomic E-state index is 8.71. The molecule has 0 aromatic heterocycles. The zero-order valence-electron chi connectivity index (χ0n) is 9.50. The first-order valence-electron chi connectivity index (χ1n) is 5.50. The molecule has 0 saturated heterocycles. The van der Waals surface area contributed by atoms with Gasteiger partial charge < -0.3 is 15.2 Å². The quantitative estimate of drug-likeness (QED) is 0.757. The Kier molecular flexibility index (Phi) is 6.45. The second-order valence-electron chi connectivity index (χ2n) is 3.50. The van der Waals surface area contributed by atoms with Crippen molar-refractivity contribution in [2.75, 3.05) is 19.8 Å². The number of aliphatic hydroxyl groups excluding tert-OH is 1. The molecule has 0 bridgehead atoms. The lowest BCUT2D eigenvalue weighted by Gasteiger charge is -2.11. The van der Waals surface area contributed by atoms with Crippen LogP contribution in [-0.2, 0) is 6.54 Å². The van der Waals surface area contributed by atoms with E-state index < -0.39 is 0 Å². The highest BCUT2D eigenvalue weighted by Gasteiger charge is 2.03. The van der Waals surface area contributed by atoms with Gasteiger partial charge in [0.1, 0.15) is 5.75 Å². The Morgan fingerprint density at radius 3 is 2.94 bits per heavy atom. The predicted molar refractivity (Wildman–Crippen MR) is 68.7 cm³/mol. The predicted octanol–water partition coefficient (Wildman–Crippen LogP) is 2.32. The van der Waals surface area contributed by atoms with Crippen molar-refractivity contribution >= 4 is 15.9 Å². The Bertz CT molecular complexity index is 318. The number of rotatable bonds is 7. The molecule has 0 saturated carbocycles. The number of halogens is 1. The van der Waals surface area contributed by atoms with Crippen LogP contribution in [0.3, 0.4) is 0 Å². The first-order valence-corrected chi connectivity index (χ1v) is 6.30. The molecular formula is C12H18BrNO2. The highest BCUT2D eigenvalue weighted by atomic mass is 79.9. The molecule has 0 aliphatic heterocycles. The van der Waals surface area contributed by atoms with Gasteiger partial charge in [-0.05, 0) is 24.6 Å². The van der Waals surface area contributed by atoms with Gasteiger partial charge >= 0.3 is 0 Å². The van der Waals surface area contributed by atoms with Gasteiger partial charge in [-0.1, -0.05) is 22.9 Å². The fourth-order valence-electron chi connectivity index (χ4n) is 1.34. The van der Waals surface area contributed by atoms with Crippen LogP contribution >= 0.6 is 15.9 Å². The lowest BCUT2D eigenvalue weighted by molar-refractivity contribution is 0.289. The Labute approximate surface area is 105 Å². The highest BCUT2D eigenvalue weighted by Crippen LogP contribution is 2.23. The van der Waals surface area contributed by atoms with Crippen LogP contribution in [0.15, 0.2) is 22.7 Å². The van der Waals surface area contributed by atoms with Crippen molar-refractivity contribution in [3.05, 3.63) is 28.2 Å². The molecule has 0 spiro atoms. The van der Waals surface area contributed by atoms with Crippen LogP contribution in [0.25, 0.3) is 0 Å². The number of aliphatic hydroxyl groups is 1. The molecule has 0 fully saturated rings. The summed E-state index contributed by atoms with van der Waals surface area (Å²) < 4.78 is 6.69. The number of hydrogen-bond donors (Lipinski definition) is 2. The summed E-state index contributed by atoms with van der Waals surface area (Å²) >= 11 is 3.44. The molecule has 2 N–H and O–H groups in total. The van der Waals surface area contributed by atoms with Crippen LogP contribution in [0.5, 0.6) is 5.75 Å². The van der Waals surface area contributed by atoms with E-state index in [-0.39, 0.29) is 6.61 Å². The first-order chi connectivity index (χ1) is 7.77. The second-order valence-corrected chi connectivity index (χ2v) is 4.42. The molecular weight excluding hydrogens is 270 g/mol. The largest absolute Gasteiger partial charge is 0.493 e. The van der Waals surface area contributed by atoms with E-state index in [0.717, 1.165) is 28.8 Å². The highest BCUT2D eigenvalue weighted by molar-refractivity contribution is 9.10. The maximum absolute atomic E-state index is 8.71. The standard InChI is InChI=1S/C12H18BrNO2/c1-2-7-16-12-4-3-11(13)8-10(12)9-14-5-6-15/h3-4,8,14-15H,2,5-7,9H2,1H3. The van der Waals surface area contributed by atoms with Gasteiger partial charge in [0.15, 0.2) is 0 Å². The van der Waals surface area contributed by atoms with Crippen molar-refractivity contribution in [3.63, 3.8) is 0 Å². The molecule has 3 nitrogen and oxygen atoms in total. The third-order valence-electron chi connectivity index (χ3n) is 2.09. The fraction of sp³-hybridized carbons (Fsp3) is 0.500. The van der Waals surface area contributed by atoms with Gasteiger partial charge in [0, 0.05) is 23.1 Å². The smallest absolute Gasteiger partial charge is 0.123 e. The van der Waals surface area contributed by atoms with Crippen molar-refractivity contribution in [3.8, 4) is 5.75 Å². The number of hydrogen-bond acceptors (Lipinski definition) is 3. The van der Waals surface area contributed by atoms with Gasteiger partial charge in [0.25, 0.3) is 0 Å². The Morgan fingerprint density at radius 1 is 1.44 bits per heavy atom. The molecule has 90 valence electrons. The number of ether oxygens (including phenoxy) is 1. The topological polar surface area (TPSA) is 41.5 Å². The van der Waals surface area contributed by atoms with Crippen molar-refractivity contribution in [2.45, 2.75) is 19.9 Å². The van der Waals surface area contributed by atoms with Gasteiger partial charge in [-0.15, -0.1) is 0 Å².